The largest absolute Gasteiger partial charge is 0.426 e. The topological polar surface area (TPSA) is 29.5 Å². The van der Waals surface area contributed by atoms with E-state index in [0.29, 0.717) is 17.8 Å². The number of nitrogens with zero attached hydrogens (tertiary/aromatic N) is 1. The summed E-state index contributed by atoms with van der Waals surface area (Å²) in [5.74, 6) is 0.513. The molecule has 0 radical (unpaired) electrons. The fraction of sp³-hybridized carbons (Fsp3) is 0.500. The van der Waals surface area contributed by atoms with Crippen LogP contribution in [0.25, 0.3) is 0 Å². The summed E-state index contributed by atoms with van der Waals surface area (Å²) >= 11 is 0. The van der Waals surface area contributed by atoms with Crippen LogP contribution in [0.5, 0.6) is 5.75 Å². The van der Waals surface area contributed by atoms with Gasteiger partial charge >= 0.3 is 5.97 Å². The molecular weight excluding hydrogens is 358 g/mol. The predicted octanol–water partition coefficient (Wildman–Crippen LogP) is 6.20. The van der Waals surface area contributed by atoms with Crippen molar-refractivity contribution in [3.63, 3.8) is 0 Å². The van der Waals surface area contributed by atoms with Crippen molar-refractivity contribution in [3.05, 3.63) is 65.2 Å². The first-order chi connectivity index (χ1) is 13.7. The van der Waals surface area contributed by atoms with Crippen LogP contribution in [0.2, 0.25) is 0 Å². The molecule has 2 rings (SSSR count). The number of carbonyl (C=O) groups excluding carboxylic acids is 1. The number of esters is 1. The number of rotatable bonds is 9. The van der Waals surface area contributed by atoms with E-state index < -0.39 is 0 Å². The molecule has 0 amide bonds. The Bertz CT molecular complexity index is 773. The Morgan fingerprint density at radius 3 is 2.10 bits per heavy atom. The van der Waals surface area contributed by atoms with Gasteiger partial charge in [0.15, 0.2) is 0 Å². The van der Waals surface area contributed by atoms with Gasteiger partial charge in [-0.1, -0.05) is 61.9 Å². The monoisotopic (exact) mass is 395 g/mol. The number of hydrogen-bond acceptors (Lipinski definition) is 3. The van der Waals surface area contributed by atoms with Gasteiger partial charge in [-0.15, -0.1) is 0 Å². The molecule has 0 aliphatic carbocycles. The second-order valence-corrected chi connectivity index (χ2v) is 8.79. The molecule has 0 aromatic heterocycles. The van der Waals surface area contributed by atoms with E-state index in [1.165, 1.54) is 11.1 Å². The summed E-state index contributed by atoms with van der Waals surface area (Å²) in [5.41, 5.74) is 3.53. The zero-order chi connectivity index (χ0) is 21.6. The molecular formula is C26H37NO2. The van der Waals surface area contributed by atoms with E-state index in [0.717, 1.165) is 18.5 Å². The van der Waals surface area contributed by atoms with Crippen molar-refractivity contribution in [2.24, 2.45) is 5.92 Å². The molecule has 0 spiro atoms. The van der Waals surface area contributed by atoms with Gasteiger partial charge in [0.1, 0.15) is 5.75 Å². The third-order valence-electron chi connectivity index (χ3n) is 5.43. The Labute approximate surface area is 177 Å². The van der Waals surface area contributed by atoms with Crippen LogP contribution >= 0.6 is 0 Å². The third kappa shape index (κ3) is 6.43. The number of benzene rings is 2. The van der Waals surface area contributed by atoms with E-state index in [2.05, 4.69) is 69.9 Å². The van der Waals surface area contributed by atoms with Crippen LogP contribution in [0.1, 0.15) is 70.6 Å². The van der Waals surface area contributed by atoms with E-state index in [1.54, 1.807) is 0 Å². The molecule has 0 unspecified atom stereocenters. The van der Waals surface area contributed by atoms with Gasteiger partial charge < -0.3 is 4.74 Å². The molecule has 29 heavy (non-hydrogen) atoms. The molecule has 0 fully saturated rings. The first-order valence-corrected chi connectivity index (χ1v) is 10.8. The zero-order valence-electron chi connectivity index (χ0n) is 19.1. The highest BCUT2D eigenvalue weighted by Crippen LogP contribution is 2.36. The van der Waals surface area contributed by atoms with Crippen molar-refractivity contribution in [2.45, 2.75) is 72.9 Å². The predicted molar refractivity (Wildman–Crippen MR) is 122 cm³/mol. The molecule has 0 saturated heterocycles. The molecule has 0 aliphatic rings. The average Bonchev–Trinajstić information content (AvgIpc) is 2.66. The fourth-order valence-electron chi connectivity index (χ4n) is 3.84. The van der Waals surface area contributed by atoms with Crippen molar-refractivity contribution in [3.8, 4) is 5.75 Å². The van der Waals surface area contributed by atoms with Gasteiger partial charge in [-0.3, -0.25) is 9.69 Å². The third-order valence-corrected chi connectivity index (χ3v) is 5.43. The van der Waals surface area contributed by atoms with E-state index >= 15 is 0 Å². The Morgan fingerprint density at radius 2 is 1.55 bits per heavy atom. The summed E-state index contributed by atoms with van der Waals surface area (Å²) in [5, 5.41) is 0. The SMILES string of the molecule is Cc1ccc(OC(=O)C(C)C)c([C@H](CCN(C(C)C)C(C)C)c2ccccc2)c1. The molecule has 2 aromatic rings. The van der Waals surface area contributed by atoms with Crippen molar-refractivity contribution in [2.75, 3.05) is 6.54 Å². The molecule has 0 heterocycles. The summed E-state index contributed by atoms with van der Waals surface area (Å²) in [4.78, 5) is 14.8. The second-order valence-electron chi connectivity index (χ2n) is 8.79. The lowest BCUT2D eigenvalue weighted by molar-refractivity contribution is -0.137. The maximum atomic E-state index is 12.3. The summed E-state index contributed by atoms with van der Waals surface area (Å²) in [6.07, 6.45) is 0.968. The molecule has 3 heteroatoms. The van der Waals surface area contributed by atoms with Crippen molar-refractivity contribution in [1.29, 1.82) is 0 Å². The highest BCUT2D eigenvalue weighted by Gasteiger charge is 2.23. The van der Waals surface area contributed by atoms with Gasteiger partial charge in [0, 0.05) is 23.6 Å². The van der Waals surface area contributed by atoms with Crippen molar-refractivity contribution in [1.82, 2.24) is 4.90 Å². The Kier molecular flexibility index (Phi) is 8.45. The highest BCUT2D eigenvalue weighted by atomic mass is 16.5. The van der Waals surface area contributed by atoms with Crippen LogP contribution in [0.15, 0.2) is 48.5 Å². The molecule has 0 saturated carbocycles. The molecule has 1 atom stereocenters. The Morgan fingerprint density at radius 1 is 0.931 bits per heavy atom. The standard InChI is InChI=1S/C26H37NO2/c1-18(2)26(28)29-25-14-13-21(7)17-24(25)23(22-11-9-8-10-12-22)15-16-27(19(3)4)20(5)6/h8-14,17-20,23H,15-16H2,1-7H3/t23-/m1/s1. The molecule has 2 aromatic carbocycles. The minimum atomic E-state index is -0.187. The number of carbonyl (C=O) groups is 1. The first-order valence-electron chi connectivity index (χ1n) is 10.8. The van der Waals surface area contributed by atoms with Gasteiger partial charge in [-0.2, -0.15) is 0 Å². The van der Waals surface area contributed by atoms with Crippen LogP contribution in [-0.4, -0.2) is 29.5 Å². The number of aryl methyl sites for hydroxylation is 1. The van der Waals surface area contributed by atoms with E-state index in [-0.39, 0.29) is 17.8 Å². The molecule has 158 valence electrons. The van der Waals surface area contributed by atoms with Gasteiger partial charge in [-0.25, -0.2) is 0 Å². The molecule has 0 bridgehead atoms. The van der Waals surface area contributed by atoms with Crippen molar-refractivity contribution >= 4 is 5.97 Å². The summed E-state index contributed by atoms with van der Waals surface area (Å²) in [7, 11) is 0. The number of hydrogen-bond donors (Lipinski definition) is 0. The minimum Gasteiger partial charge on any atom is -0.426 e. The maximum Gasteiger partial charge on any atom is 0.313 e. The first kappa shape index (κ1) is 23.2. The lowest BCUT2D eigenvalue weighted by Gasteiger charge is -2.32. The number of ether oxygens (including phenoxy) is 1. The highest BCUT2D eigenvalue weighted by molar-refractivity contribution is 5.75. The van der Waals surface area contributed by atoms with Crippen LogP contribution in [0.4, 0.5) is 0 Å². The average molecular weight is 396 g/mol. The van der Waals surface area contributed by atoms with Crippen LogP contribution < -0.4 is 4.74 Å². The molecule has 3 nitrogen and oxygen atoms in total. The maximum absolute atomic E-state index is 12.3. The van der Waals surface area contributed by atoms with Crippen molar-refractivity contribution < 1.29 is 9.53 Å². The zero-order valence-corrected chi connectivity index (χ0v) is 19.1. The summed E-state index contributed by atoms with van der Waals surface area (Å²) in [6.45, 7) is 15.8. The molecule has 0 N–H and O–H groups in total. The van der Waals surface area contributed by atoms with E-state index in [4.69, 9.17) is 4.74 Å². The second kappa shape index (κ2) is 10.6. The van der Waals surface area contributed by atoms with Gasteiger partial charge in [-0.05, 0) is 59.2 Å². The lowest BCUT2D eigenvalue weighted by Crippen LogP contribution is -2.38. The normalized spacial score (nSPS) is 12.8. The van der Waals surface area contributed by atoms with E-state index in [9.17, 15) is 4.79 Å². The van der Waals surface area contributed by atoms with Gasteiger partial charge in [0.05, 0.1) is 5.92 Å². The quantitative estimate of drug-likeness (QED) is 0.374. The fourth-order valence-corrected chi connectivity index (χ4v) is 3.84. The Balaban J connectivity index is 2.44. The van der Waals surface area contributed by atoms with Crippen LogP contribution in [0.3, 0.4) is 0 Å². The minimum absolute atomic E-state index is 0.156. The Hall–Kier alpha value is -2.13. The summed E-state index contributed by atoms with van der Waals surface area (Å²) in [6, 6.07) is 17.7. The lowest BCUT2D eigenvalue weighted by atomic mass is 9.86. The summed E-state index contributed by atoms with van der Waals surface area (Å²) < 4.78 is 5.81. The van der Waals surface area contributed by atoms with Crippen LogP contribution in [-0.2, 0) is 4.79 Å². The smallest absolute Gasteiger partial charge is 0.313 e. The van der Waals surface area contributed by atoms with E-state index in [1.807, 2.05) is 32.0 Å². The van der Waals surface area contributed by atoms with Gasteiger partial charge in [0.25, 0.3) is 0 Å². The van der Waals surface area contributed by atoms with Crippen LogP contribution in [0, 0.1) is 12.8 Å². The van der Waals surface area contributed by atoms with Gasteiger partial charge in [0.2, 0.25) is 0 Å². The molecule has 0 aliphatic heterocycles.